The Morgan fingerprint density at radius 2 is 1.48 bits per heavy atom. The summed E-state index contributed by atoms with van der Waals surface area (Å²) in [5.74, 6) is -1.40. The van der Waals surface area contributed by atoms with E-state index < -0.39 is 6.04 Å². The smallest absolute Gasteiger partial charge is 0.257 e. The number of carbonyl (C=O) groups excluding carboxylic acids is 4. The molecule has 0 fully saturated rings. The molecule has 1 atom stereocenters. The van der Waals surface area contributed by atoms with Gasteiger partial charge in [0, 0.05) is 35.4 Å². The van der Waals surface area contributed by atoms with E-state index >= 15 is 0 Å². The monoisotopic (exact) mass is 290 g/mol. The Morgan fingerprint density at radius 3 is 1.90 bits per heavy atom. The molecule has 0 spiro atoms. The van der Waals surface area contributed by atoms with Crippen molar-refractivity contribution in [3.05, 3.63) is 23.3 Å². The fourth-order valence-electron chi connectivity index (χ4n) is 2.60. The number of imide groups is 2. The highest BCUT2D eigenvalue weighted by Gasteiger charge is 2.37. The van der Waals surface area contributed by atoms with Crippen molar-refractivity contribution in [1.29, 1.82) is 0 Å². The molecule has 0 aliphatic carbocycles. The highest BCUT2D eigenvalue weighted by Crippen LogP contribution is 2.24. The molecule has 0 radical (unpaired) electrons. The Morgan fingerprint density at radius 1 is 0.905 bits per heavy atom. The summed E-state index contributed by atoms with van der Waals surface area (Å²) < 4.78 is 0. The minimum absolute atomic E-state index is 0.187. The average molecular weight is 290 g/mol. The normalized spacial score (nSPS) is 20.6. The third kappa shape index (κ3) is 2.53. The number of amides is 4. The van der Waals surface area contributed by atoms with E-state index in [-0.39, 0.29) is 36.1 Å². The van der Waals surface area contributed by atoms with Crippen LogP contribution in [0.2, 0.25) is 0 Å². The van der Waals surface area contributed by atoms with Gasteiger partial charge in [-0.05, 0) is 34.1 Å². The molecular formula is C15H18N2O4. The molecule has 112 valence electrons. The van der Waals surface area contributed by atoms with Crippen molar-refractivity contribution in [1.82, 2.24) is 9.80 Å². The number of rotatable bonds is 4. The third-order valence-electron chi connectivity index (χ3n) is 3.63. The van der Waals surface area contributed by atoms with E-state index in [0.717, 1.165) is 4.90 Å². The number of hydrogen-bond donors (Lipinski definition) is 0. The van der Waals surface area contributed by atoms with Crippen LogP contribution in [0.15, 0.2) is 23.3 Å². The van der Waals surface area contributed by atoms with Gasteiger partial charge in [-0.25, -0.2) is 0 Å². The molecule has 2 rings (SSSR count). The van der Waals surface area contributed by atoms with Crippen molar-refractivity contribution in [2.45, 2.75) is 46.2 Å². The van der Waals surface area contributed by atoms with Gasteiger partial charge >= 0.3 is 0 Å². The van der Waals surface area contributed by atoms with Crippen molar-refractivity contribution in [2.24, 2.45) is 0 Å². The fraction of sp³-hybridized carbons (Fsp3) is 0.467. The first-order valence-electron chi connectivity index (χ1n) is 6.88. The van der Waals surface area contributed by atoms with Gasteiger partial charge in [0.15, 0.2) is 0 Å². The van der Waals surface area contributed by atoms with Crippen LogP contribution < -0.4 is 0 Å². The zero-order valence-corrected chi connectivity index (χ0v) is 12.5. The lowest BCUT2D eigenvalue weighted by molar-refractivity contribution is -0.142. The van der Waals surface area contributed by atoms with Gasteiger partial charge in [0.2, 0.25) is 0 Å². The first-order valence-corrected chi connectivity index (χ1v) is 6.88. The first kappa shape index (κ1) is 15.2. The summed E-state index contributed by atoms with van der Waals surface area (Å²) in [4.78, 5) is 50.0. The molecule has 2 aliphatic rings. The maximum Gasteiger partial charge on any atom is 0.257 e. The molecule has 6 heteroatoms. The van der Waals surface area contributed by atoms with Crippen LogP contribution in [0.1, 0.15) is 34.1 Å². The standard InChI is InChI=1S/C15H18N2O4/c1-8(2)16-13(19)7-11(15(16)21)6-10(4)17-12(18)5-9(3)14(17)20/h5,7-8,10H,6H2,1-4H3. The van der Waals surface area contributed by atoms with Gasteiger partial charge in [0.05, 0.1) is 0 Å². The lowest BCUT2D eigenvalue weighted by atomic mass is 10.1. The topological polar surface area (TPSA) is 74.8 Å². The summed E-state index contributed by atoms with van der Waals surface area (Å²) in [5, 5.41) is 0. The van der Waals surface area contributed by atoms with Gasteiger partial charge in [0.1, 0.15) is 0 Å². The minimum Gasteiger partial charge on any atom is -0.273 e. The molecule has 2 aliphatic heterocycles. The predicted octanol–water partition coefficient (Wildman–Crippen LogP) is 0.784. The second-order valence-electron chi connectivity index (χ2n) is 5.67. The van der Waals surface area contributed by atoms with Gasteiger partial charge in [-0.1, -0.05) is 0 Å². The maximum atomic E-state index is 12.2. The average Bonchev–Trinajstić information content (AvgIpc) is 2.77. The van der Waals surface area contributed by atoms with Gasteiger partial charge in [0.25, 0.3) is 23.6 Å². The van der Waals surface area contributed by atoms with Crippen LogP contribution in [0.3, 0.4) is 0 Å². The van der Waals surface area contributed by atoms with E-state index in [1.165, 1.54) is 17.1 Å². The molecular weight excluding hydrogens is 272 g/mol. The van der Waals surface area contributed by atoms with Gasteiger partial charge in [-0.15, -0.1) is 0 Å². The number of nitrogens with zero attached hydrogens (tertiary/aromatic N) is 2. The molecule has 0 N–H and O–H groups in total. The quantitative estimate of drug-likeness (QED) is 0.717. The second kappa shape index (κ2) is 5.27. The van der Waals surface area contributed by atoms with Crippen LogP contribution in [0.4, 0.5) is 0 Å². The van der Waals surface area contributed by atoms with Gasteiger partial charge < -0.3 is 0 Å². The van der Waals surface area contributed by atoms with Crippen LogP contribution in [0, 0.1) is 0 Å². The lowest BCUT2D eigenvalue weighted by Crippen LogP contribution is -2.40. The molecule has 0 aromatic carbocycles. The summed E-state index contributed by atoms with van der Waals surface area (Å²) >= 11 is 0. The van der Waals surface area contributed by atoms with Crippen LogP contribution >= 0.6 is 0 Å². The van der Waals surface area contributed by atoms with Crippen molar-refractivity contribution < 1.29 is 19.2 Å². The Hall–Kier alpha value is -2.24. The van der Waals surface area contributed by atoms with Gasteiger partial charge in [-0.2, -0.15) is 0 Å². The van der Waals surface area contributed by atoms with Crippen molar-refractivity contribution in [2.75, 3.05) is 0 Å². The minimum atomic E-state index is -0.464. The molecule has 0 bridgehead atoms. The molecule has 4 amide bonds. The molecule has 0 aromatic heterocycles. The van der Waals surface area contributed by atoms with Crippen molar-refractivity contribution >= 4 is 23.6 Å². The Kier molecular flexibility index (Phi) is 3.80. The van der Waals surface area contributed by atoms with Crippen LogP contribution in [0.25, 0.3) is 0 Å². The summed E-state index contributed by atoms with van der Waals surface area (Å²) in [6.45, 7) is 6.80. The Labute approximate surface area is 123 Å². The lowest BCUT2D eigenvalue weighted by Gasteiger charge is -2.24. The highest BCUT2D eigenvalue weighted by atomic mass is 16.2. The summed E-state index contributed by atoms with van der Waals surface area (Å²) in [7, 11) is 0. The SMILES string of the molecule is CC1=CC(=O)N(C(C)CC2=CC(=O)N(C(C)C)C2=O)C1=O. The van der Waals surface area contributed by atoms with Crippen LogP contribution in [0.5, 0.6) is 0 Å². The van der Waals surface area contributed by atoms with E-state index in [1.54, 1.807) is 27.7 Å². The summed E-state index contributed by atoms with van der Waals surface area (Å²) in [6, 6.07) is -0.679. The zero-order chi connectivity index (χ0) is 15.9. The van der Waals surface area contributed by atoms with Gasteiger partial charge in [-0.3, -0.25) is 29.0 Å². The zero-order valence-electron chi connectivity index (χ0n) is 12.5. The Bertz CT molecular complexity index is 601. The molecule has 1 unspecified atom stereocenters. The number of carbonyl (C=O) groups is 4. The van der Waals surface area contributed by atoms with E-state index in [2.05, 4.69) is 0 Å². The Balaban J connectivity index is 2.12. The predicted molar refractivity (Wildman–Crippen MR) is 74.8 cm³/mol. The largest absolute Gasteiger partial charge is 0.273 e. The highest BCUT2D eigenvalue weighted by molar-refractivity contribution is 6.17. The first-order chi connectivity index (χ1) is 9.73. The van der Waals surface area contributed by atoms with E-state index in [1.807, 2.05) is 0 Å². The van der Waals surface area contributed by atoms with E-state index in [0.29, 0.717) is 11.1 Å². The summed E-state index contributed by atoms with van der Waals surface area (Å²) in [5.41, 5.74) is 0.727. The van der Waals surface area contributed by atoms with E-state index in [4.69, 9.17) is 0 Å². The molecule has 2 heterocycles. The van der Waals surface area contributed by atoms with Crippen LogP contribution in [-0.4, -0.2) is 45.5 Å². The molecule has 0 saturated heterocycles. The fourth-order valence-corrected chi connectivity index (χ4v) is 2.60. The van der Waals surface area contributed by atoms with Crippen molar-refractivity contribution in [3.63, 3.8) is 0 Å². The van der Waals surface area contributed by atoms with Crippen molar-refractivity contribution in [3.8, 4) is 0 Å². The molecule has 0 aromatic rings. The summed E-state index contributed by atoms with van der Waals surface area (Å²) in [6.07, 6.45) is 2.77. The molecule has 0 saturated carbocycles. The molecule has 6 nitrogen and oxygen atoms in total. The molecule has 21 heavy (non-hydrogen) atoms. The van der Waals surface area contributed by atoms with E-state index in [9.17, 15) is 19.2 Å². The number of hydrogen-bond acceptors (Lipinski definition) is 4. The maximum absolute atomic E-state index is 12.2. The third-order valence-corrected chi connectivity index (χ3v) is 3.63. The van der Waals surface area contributed by atoms with Crippen LogP contribution in [-0.2, 0) is 19.2 Å². The second-order valence-corrected chi connectivity index (χ2v) is 5.67.